The molecule has 0 saturated heterocycles. The summed E-state index contributed by atoms with van der Waals surface area (Å²) >= 11 is 5.91. The fourth-order valence-electron chi connectivity index (χ4n) is 1.64. The van der Waals surface area contributed by atoms with Crippen molar-refractivity contribution in [2.75, 3.05) is 26.0 Å². The lowest BCUT2D eigenvalue weighted by molar-refractivity contribution is -0.120. The summed E-state index contributed by atoms with van der Waals surface area (Å²) in [5, 5.41) is 11.9. The summed E-state index contributed by atoms with van der Waals surface area (Å²) in [6, 6.07) is 6.73. The molecule has 1 aromatic carbocycles. The number of benzene rings is 1. The van der Waals surface area contributed by atoms with E-state index < -0.39 is 0 Å². The van der Waals surface area contributed by atoms with E-state index in [4.69, 9.17) is 21.6 Å². The van der Waals surface area contributed by atoms with Gasteiger partial charge in [0.2, 0.25) is 5.91 Å². The van der Waals surface area contributed by atoms with Crippen LogP contribution in [0.15, 0.2) is 18.2 Å². The molecule has 0 aromatic heterocycles. The lowest BCUT2D eigenvalue weighted by Crippen LogP contribution is -2.40. The standard InChI is InChI=1S/C14H18ClN3O2/c1-10(18(2)8-4-7-16)14(19)17-12-9-11(15)5-6-13(12)20-3/h5-6,9-10H,4,8H2,1-3H3,(H,17,19). The van der Waals surface area contributed by atoms with Crippen molar-refractivity contribution in [2.45, 2.75) is 19.4 Å². The van der Waals surface area contributed by atoms with Gasteiger partial charge in [-0.15, -0.1) is 0 Å². The first-order chi connectivity index (χ1) is 9.49. The molecule has 20 heavy (non-hydrogen) atoms. The van der Waals surface area contributed by atoms with Crippen molar-refractivity contribution in [1.82, 2.24) is 4.90 Å². The predicted octanol–water partition coefficient (Wildman–Crippen LogP) is 2.52. The summed E-state index contributed by atoms with van der Waals surface area (Å²) in [5.74, 6) is 0.376. The Morgan fingerprint density at radius 1 is 1.60 bits per heavy atom. The first kappa shape index (κ1) is 16.3. The highest BCUT2D eigenvalue weighted by Gasteiger charge is 2.19. The number of amides is 1. The van der Waals surface area contributed by atoms with Gasteiger partial charge in [-0.2, -0.15) is 5.26 Å². The Bertz CT molecular complexity index is 514. The quantitative estimate of drug-likeness (QED) is 0.876. The number of hydrogen-bond donors (Lipinski definition) is 1. The largest absolute Gasteiger partial charge is 0.495 e. The molecule has 1 aromatic rings. The van der Waals surface area contributed by atoms with Crippen LogP contribution in [0.5, 0.6) is 5.75 Å². The van der Waals surface area contributed by atoms with Gasteiger partial charge in [-0.3, -0.25) is 9.69 Å². The van der Waals surface area contributed by atoms with Crippen molar-refractivity contribution < 1.29 is 9.53 Å². The first-order valence-electron chi connectivity index (χ1n) is 6.21. The number of carbonyl (C=O) groups excluding carboxylic acids is 1. The number of nitriles is 1. The van der Waals surface area contributed by atoms with Gasteiger partial charge in [0.15, 0.2) is 0 Å². The molecule has 0 bridgehead atoms. The average Bonchev–Trinajstić information content (AvgIpc) is 2.44. The minimum atomic E-state index is -0.355. The van der Waals surface area contributed by atoms with E-state index in [0.29, 0.717) is 29.4 Å². The normalized spacial score (nSPS) is 11.8. The molecule has 1 atom stereocenters. The molecule has 6 heteroatoms. The highest BCUT2D eigenvalue weighted by molar-refractivity contribution is 6.31. The van der Waals surface area contributed by atoms with Gasteiger partial charge >= 0.3 is 0 Å². The summed E-state index contributed by atoms with van der Waals surface area (Å²) in [4.78, 5) is 14.0. The topological polar surface area (TPSA) is 65.4 Å². The van der Waals surface area contributed by atoms with E-state index in [-0.39, 0.29) is 11.9 Å². The molecule has 0 heterocycles. The van der Waals surface area contributed by atoms with Crippen LogP contribution in [-0.2, 0) is 4.79 Å². The fraction of sp³-hybridized carbons (Fsp3) is 0.429. The van der Waals surface area contributed by atoms with Gasteiger partial charge in [-0.25, -0.2) is 0 Å². The maximum atomic E-state index is 12.2. The van der Waals surface area contributed by atoms with Crippen molar-refractivity contribution >= 4 is 23.2 Å². The van der Waals surface area contributed by atoms with E-state index >= 15 is 0 Å². The molecule has 0 radical (unpaired) electrons. The number of carbonyl (C=O) groups is 1. The summed E-state index contributed by atoms with van der Waals surface area (Å²) in [6.07, 6.45) is 0.384. The Labute approximate surface area is 124 Å². The zero-order valence-corrected chi connectivity index (χ0v) is 12.6. The number of ether oxygens (including phenoxy) is 1. The Hall–Kier alpha value is -1.77. The van der Waals surface area contributed by atoms with Crippen molar-refractivity contribution in [2.24, 2.45) is 0 Å². The summed E-state index contributed by atoms with van der Waals surface area (Å²) in [7, 11) is 3.33. The van der Waals surface area contributed by atoms with Crippen LogP contribution < -0.4 is 10.1 Å². The third kappa shape index (κ3) is 4.41. The van der Waals surface area contributed by atoms with E-state index in [1.165, 1.54) is 7.11 Å². The van der Waals surface area contributed by atoms with Crippen molar-refractivity contribution in [3.63, 3.8) is 0 Å². The fourth-order valence-corrected chi connectivity index (χ4v) is 1.81. The zero-order valence-electron chi connectivity index (χ0n) is 11.8. The van der Waals surface area contributed by atoms with E-state index in [2.05, 4.69) is 11.4 Å². The van der Waals surface area contributed by atoms with Crippen LogP contribution in [0.2, 0.25) is 5.02 Å². The number of rotatable bonds is 6. The van der Waals surface area contributed by atoms with E-state index in [9.17, 15) is 4.79 Å². The first-order valence-corrected chi connectivity index (χ1v) is 6.59. The monoisotopic (exact) mass is 295 g/mol. The minimum absolute atomic E-state index is 0.175. The molecule has 1 unspecified atom stereocenters. The average molecular weight is 296 g/mol. The molecule has 1 rings (SSSR count). The van der Waals surface area contributed by atoms with Crippen LogP contribution in [0.1, 0.15) is 13.3 Å². The molecular formula is C14H18ClN3O2. The summed E-state index contributed by atoms with van der Waals surface area (Å²) in [6.45, 7) is 2.32. The second-order valence-electron chi connectivity index (χ2n) is 4.40. The van der Waals surface area contributed by atoms with Gasteiger partial charge in [-0.1, -0.05) is 11.6 Å². The van der Waals surface area contributed by atoms with Crippen LogP contribution in [0, 0.1) is 11.3 Å². The second kappa shape index (κ2) is 7.73. The van der Waals surface area contributed by atoms with Gasteiger partial charge in [0.1, 0.15) is 5.75 Å². The van der Waals surface area contributed by atoms with Gasteiger partial charge in [0.05, 0.1) is 24.9 Å². The van der Waals surface area contributed by atoms with Crippen LogP contribution in [-0.4, -0.2) is 37.6 Å². The molecule has 0 aliphatic rings. The zero-order chi connectivity index (χ0) is 15.1. The molecule has 0 aliphatic carbocycles. The van der Waals surface area contributed by atoms with E-state index in [1.807, 2.05) is 4.90 Å². The van der Waals surface area contributed by atoms with Crippen LogP contribution in [0.3, 0.4) is 0 Å². The van der Waals surface area contributed by atoms with Gasteiger partial charge in [0, 0.05) is 18.0 Å². The molecule has 5 nitrogen and oxygen atoms in total. The second-order valence-corrected chi connectivity index (χ2v) is 4.83. The molecule has 1 N–H and O–H groups in total. The van der Waals surface area contributed by atoms with Crippen molar-refractivity contribution in [1.29, 1.82) is 5.26 Å². The number of nitrogens with zero attached hydrogens (tertiary/aromatic N) is 2. The minimum Gasteiger partial charge on any atom is -0.495 e. The highest BCUT2D eigenvalue weighted by atomic mass is 35.5. The maximum absolute atomic E-state index is 12.2. The highest BCUT2D eigenvalue weighted by Crippen LogP contribution is 2.27. The smallest absolute Gasteiger partial charge is 0.241 e. The van der Waals surface area contributed by atoms with Crippen LogP contribution in [0.25, 0.3) is 0 Å². The number of methoxy groups -OCH3 is 1. The third-order valence-corrected chi connectivity index (χ3v) is 3.27. The maximum Gasteiger partial charge on any atom is 0.241 e. The molecule has 0 fully saturated rings. The van der Waals surface area contributed by atoms with E-state index in [1.54, 1.807) is 32.2 Å². The predicted molar refractivity (Wildman–Crippen MR) is 79.0 cm³/mol. The lowest BCUT2D eigenvalue weighted by atomic mass is 10.2. The van der Waals surface area contributed by atoms with Gasteiger partial charge in [-0.05, 0) is 32.2 Å². The number of halogens is 1. The SMILES string of the molecule is COc1ccc(Cl)cc1NC(=O)C(C)N(C)CCC#N. The molecule has 0 aliphatic heterocycles. The van der Waals surface area contributed by atoms with Crippen LogP contribution in [0.4, 0.5) is 5.69 Å². The Kier molecular flexibility index (Phi) is 6.29. The number of nitrogens with one attached hydrogen (secondary N) is 1. The lowest BCUT2D eigenvalue weighted by Gasteiger charge is -2.23. The van der Waals surface area contributed by atoms with Gasteiger partial charge in [0.25, 0.3) is 0 Å². The summed E-state index contributed by atoms with van der Waals surface area (Å²) < 4.78 is 5.18. The third-order valence-electron chi connectivity index (χ3n) is 3.04. The number of anilines is 1. The van der Waals surface area contributed by atoms with Gasteiger partial charge < -0.3 is 10.1 Å². The number of hydrogen-bond acceptors (Lipinski definition) is 4. The molecule has 108 valence electrons. The molecule has 1 amide bonds. The Balaban J connectivity index is 2.75. The Morgan fingerprint density at radius 3 is 2.90 bits per heavy atom. The van der Waals surface area contributed by atoms with Crippen molar-refractivity contribution in [3.8, 4) is 11.8 Å². The molecule has 0 saturated carbocycles. The van der Waals surface area contributed by atoms with Crippen LogP contribution >= 0.6 is 11.6 Å². The summed E-state index contributed by atoms with van der Waals surface area (Å²) in [5.41, 5.74) is 0.533. The number of likely N-dealkylation sites (N-methyl/N-ethyl adjacent to an activating group) is 1. The molecule has 0 spiro atoms. The molecular weight excluding hydrogens is 278 g/mol. The Morgan fingerprint density at radius 2 is 2.30 bits per heavy atom. The van der Waals surface area contributed by atoms with Crippen molar-refractivity contribution in [3.05, 3.63) is 23.2 Å². The van der Waals surface area contributed by atoms with E-state index in [0.717, 1.165) is 0 Å².